The highest BCUT2D eigenvalue weighted by molar-refractivity contribution is 5.92. The fraction of sp³-hybridized carbons (Fsp3) is 0.462. The summed E-state index contributed by atoms with van der Waals surface area (Å²) in [7, 11) is 0. The first-order valence-electron chi connectivity index (χ1n) is 5.53. The Hall–Kier alpha value is -1.35. The molecule has 0 saturated carbocycles. The van der Waals surface area contributed by atoms with Gasteiger partial charge in [-0.25, -0.2) is 0 Å². The Balaban J connectivity index is 2.66. The average molecular weight is 221 g/mol. The van der Waals surface area contributed by atoms with Gasteiger partial charge in [0.2, 0.25) is 5.91 Å². The summed E-state index contributed by atoms with van der Waals surface area (Å²) in [6.07, 6.45) is 0. The molecule has 0 aliphatic carbocycles. The zero-order chi connectivity index (χ0) is 12.1. The summed E-state index contributed by atoms with van der Waals surface area (Å²) < 4.78 is 0. The van der Waals surface area contributed by atoms with Crippen molar-refractivity contribution in [3.05, 3.63) is 29.8 Å². The van der Waals surface area contributed by atoms with Gasteiger partial charge < -0.3 is 10.4 Å². The molecule has 3 heteroatoms. The maximum Gasteiger partial charge on any atom is 0.230 e. The Bertz CT molecular complexity index is 343. The predicted octanol–water partition coefficient (Wildman–Crippen LogP) is 2.20. The molecule has 0 aliphatic heterocycles. The van der Waals surface area contributed by atoms with E-state index in [1.54, 1.807) is 0 Å². The van der Waals surface area contributed by atoms with Crippen LogP contribution in [-0.4, -0.2) is 17.6 Å². The molecule has 88 valence electrons. The van der Waals surface area contributed by atoms with Crippen LogP contribution in [0.4, 0.5) is 5.69 Å². The normalized spacial score (nSPS) is 12.6. The molecule has 0 fully saturated rings. The maximum atomic E-state index is 11.8. The second kappa shape index (κ2) is 5.66. The van der Waals surface area contributed by atoms with Gasteiger partial charge >= 0.3 is 0 Å². The molecule has 2 N–H and O–H groups in total. The van der Waals surface area contributed by atoms with E-state index in [0.29, 0.717) is 0 Å². The van der Waals surface area contributed by atoms with Gasteiger partial charge in [-0.15, -0.1) is 0 Å². The molecule has 1 rings (SSSR count). The van der Waals surface area contributed by atoms with E-state index < -0.39 is 0 Å². The van der Waals surface area contributed by atoms with Crippen LogP contribution in [0, 0.1) is 18.8 Å². The van der Waals surface area contributed by atoms with Crippen molar-refractivity contribution < 1.29 is 9.90 Å². The van der Waals surface area contributed by atoms with Gasteiger partial charge in [0.25, 0.3) is 0 Å². The van der Waals surface area contributed by atoms with Crippen LogP contribution in [0.5, 0.6) is 0 Å². The van der Waals surface area contributed by atoms with Crippen molar-refractivity contribution in [3.8, 4) is 0 Å². The van der Waals surface area contributed by atoms with Crippen molar-refractivity contribution in [2.75, 3.05) is 11.9 Å². The molecule has 0 spiro atoms. The quantitative estimate of drug-likeness (QED) is 0.819. The summed E-state index contributed by atoms with van der Waals surface area (Å²) >= 11 is 0. The first-order valence-corrected chi connectivity index (χ1v) is 5.53. The third kappa shape index (κ3) is 3.35. The minimum Gasteiger partial charge on any atom is -0.396 e. The molecule has 1 aromatic rings. The van der Waals surface area contributed by atoms with Gasteiger partial charge in [-0.3, -0.25) is 4.79 Å². The number of nitrogens with one attached hydrogen (secondary N) is 1. The lowest BCUT2D eigenvalue weighted by atomic mass is 9.96. The number of amides is 1. The number of rotatable bonds is 4. The van der Waals surface area contributed by atoms with Crippen LogP contribution in [-0.2, 0) is 4.79 Å². The lowest BCUT2D eigenvalue weighted by Gasteiger charge is -2.17. The van der Waals surface area contributed by atoms with Gasteiger partial charge in [0.05, 0.1) is 12.5 Å². The van der Waals surface area contributed by atoms with Gasteiger partial charge in [0.15, 0.2) is 0 Å². The molecule has 0 heterocycles. The largest absolute Gasteiger partial charge is 0.396 e. The van der Waals surface area contributed by atoms with Gasteiger partial charge in [0.1, 0.15) is 0 Å². The van der Waals surface area contributed by atoms with E-state index in [2.05, 4.69) is 5.32 Å². The van der Waals surface area contributed by atoms with Crippen molar-refractivity contribution in [1.82, 2.24) is 0 Å². The van der Waals surface area contributed by atoms with E-state index in [9.17, 15) is 4.79 Å². The number of aryl methyl sites for hydroxylation is 1. The van der Waals surface area contributed by atoms with E-state index in [4.69, 9.17) is 5.11 Å². The highest BCUT2D eigenvalue weighted by Gasteiger charge is 2.20. The summed E-state index contributed by atoms with van der Waals surface area (Å²) in [5, 5.41) is 11.9. The van der Waals surface area contributed by atoms with Gasteiger partial charge in [0, 0.05) is 5.69 Å². The van der Waals surface area contributed by atoms with Crippen molar-refractivity contribution in [3.63, 3.8) is 0 Å². The summed E-state index contributed by atoms with van der Waals surface area (Å²) in [5.41, 5.74) is 1.93. The van der Waals surface area contributed by atoms with E-state index in [0.717, 1.165) is 11.3 Å². The number of carbonyl (C=O) groups is 1. The molecule has 16 heavy (non-hydrogen) atoms. The number of hydrogen-bond acceptors (Lipinski definition) is 2. The van der Waals surface area contributed by atoms with E-state index in [1.165, 1.54) is 0 Å². The van der Waals surface area contributed by atoms with E-state index >= 15 is 0 Å². The van der Waals surface area contributed by atoms with E-state index in [-0.39, 0.29) is 24.3 Å². The number of aliphatic hydroxyl groups is 1. The summed E-state index contributed by atoms with van der Waals surface area (Å²) in [6.45, 7) is 5.73. The van der Waals surface area contributed by atoms with Crippen molar-refractivity contribution in [2.45, 2.75) is 20.8 Å². The molecule has 1 unspecified atom stereocenters. The highest BCUT2D eigenvalue weighted by atomic mass is 16.3. The molecular weight excluding hydrogens is 202 g/mol. The molecule has 0 aliphatic rings. The van der Waals surface area contributed by atoms with Crippen molar-refractivity contribution in [2.24, 2.45) is 11.8 Å². The summed E-state index contributed by atoms with van der Waals surface area (Å²) in [4.78, 5) is 11.8. The Labute approximate surface area is 96.5 Å². The standard InChI is InChI=1S/C13H19NO2/c1-9(2)12(8-15)13(16)14-11-6-4-10(3)5-7-11/h4-7,9,12,15H,8H2,1-3H3,(H,14,16). The number of aliphatic hydroxyl groups excluding tert-OH is 1. The monoisotopic (exact) mass is 221 g/mol. The Morgan fingerprint density at radius 2 is 1.88 bits per heavy atom. The summed E-state index contributed by atoms with van der Waals surface area (Å²) in [5.74, 6) is -0.335. The van der Waals surface area contributed by atoms with Crippen LogP contribution in [0.15, 0.2) is 24.3 Å². The second-order valence-corrected chi connectivity index (χ2v) is 4.39. The molecule has 0 aromatic heterocycles. The maximum absolute atomic E-state index is 11.8. The molecular formula is C13H19NO2. The van der Waals surface area contributed by atoms with Crippen LogP contribution < -0.4 is 5.32 Å². The van der Waals surface area contributed by atoms with Crippen molar-refractivity contribution >= 4 is 11.6 Å². The molecule has 0 radical (unpaired) electrons. The number of anilines is 1. The lowest BCUT2D eigenvalue weighted by molar-refractivity contribution is -0.122. The fourth-order valence-electron chi connectivity index (χ4n) is 1.47. The smallest absolute Gasteiger partial charge is 0.230 e. The van der Waals surface area contributed by atoms with Gasteiger partial charge in [-0.1, -0.05) is 31.5 Å². The third-order valence-electron chi connectivity index (χ3n) is 2.66. The number of benzene rings is 1. The Morgan fingerprint density at radius 1 is 1.31 bits per heavy atom. The number of hydrogen-bond donors (Lipinski definition) is 2. The van der Waals surface area contributed by atoms with Crippen molar-refractivity contribution in [1.29, 1.82) is 0 Å². The van der Waals surface area contributed by atoms with Gasteiger partial charge in [-0.05, 0) is 25.0 Å². The second-order valence-electron chi connectivity index (χ2n) is 4.39. The van der Waals surface area contributed by atoms with Crippen LogP contribution in [0.1, 0.15) is 19.4 Å². The highest BCUT2D eigenvalue weighted by Crippen LogP contribution is 2.14. The molecule has 1 atom stereocenters. The molecule has 0 saturated heterocycles. The first kappa shape index (κ1) is 12.7. The third-order valence-corrected chi connectivity index (χ3v) is 2.66. The van der Waals surface area contributed by atoms with Crippen LogP contribution in [0.3, 0.4) is 0 Å². The number of carbonyl (C=O) groups excluding carboxylic acids is 1. The fourth-order valence-corrected chi connectivity index (χ4v) is 1.47. The minimum atomic E-state index is -0.346. The average Bonchev–Trinajstić information content (AvgIpc) is 2.22. The molecule has 0 bridgehead atoms. The predicted molar refractivity (Wildman–Crippen MR) is 65.2 cm³/mol. The SMILES string of the molecule is Cc1ccc(NC(=O)C(CO)C(C)C)cc1. The summed E-state index contributed by atoms with van der Waals surface area (Å²) in [6, 6.07) is 7.61. The zero-order valence-corrected chi connectivity index (χ0v) is 10.0. The topological polar surface area (TPSA) is 49.3 Å². The van der Waals surface area contributed by atoms with Crippen LogP contribution in [0.25, 0.3) is 0 Å². The lowest BCUT2D eigenvalue weighted by Crippen LogP contribution is -2.29. The van der Waals surface area contributed by atoms with Gasteiger partial charge in [-0.2, -0.15) is 0 Å². The van der Waals surface area contributed by atoms with E-state index in [1.807, 2.05) is 45.0 Å². The van der Waals surface area contributed by atoms with Crippen LogP contribution in [0.2, 0.25) is 0 Å². The molecule has 3 nitrogen and oxygen atoms in total. The van der Waals surface area contributed by atoms with Crippen LogP contribution >= 0.6 is 0 Å². The Kier molecular flexibility index (Phi) is 4.50. The molecule has 1 aromatic carbocycles. The zero-order valence-electron chi connectivity index (χ0n) is 10.0. The molecule has 1 amide bonds. The minimum absolute atomic E-state index is 0.116. The first-order chi connectivity index (χ1) is 7.54. The Morgan fingerprint density at radius 3 is 2.31 bits per heavy atom.